The Labute approximate surface area is 242 Å². The molecule has 0 spiro atoms. The minimum Gasteiger partial charge on any atom is -0.496 e. The molecule has 1 amide bonds. The highest BCUT2D eigenvalue weighted by Crippen LogP contribution is 2.42. The maximum Gasteiger partial charge on any atom is 0.268 e. The van der Waals surface area contributed by atoms with E-state index >= 15 is 0 Å². The zero-order chi connectivity index (χ0) is 30.2. The topological polar surface area (TPSA) is 164 Å². The van der Waals surface area contributed by atoms with Gasteiger partial charge < -0.3 is 26.2 Å². The van der Waals surface area contributed by atoms with Crippen molar-refractivity contribution < 1.29 is 19.0 Å². The number of aromatic nitrogens is 3. The molecular formula is C31H30FN7O3. The van der Waals surface area contributed by atoms with Gasteiger partial charge in [0.1, 0.15) is 17.3 Å². The standard InChI is InChI=1S/C31H30FN7O3/c1-31(2,41)26-12-19(34)16-39(26)24-11-17(21-14-36-10-9-18(21)13-33)7-8-20(24)22-15-37-30(38-28(22)29(35)40)27-23(32)5-4-6-25(27)42-3/h4-11,14-15,19,26,41H,12,16,34H2,1-3H3,(H2,35,40)/t19-,26-/m0/s1. The Morgan fingerprint density at radius 1 is 1.19 bits per heavy atom. The molecule has 0 bridgehead atoms. The fourth-order valence-corrected chi connectivity index (χ4v) is 5.47. The summed E-state index contributed by atoms with van der Waals surface area (Å²) in [6, 6.07) is 13.0. The number of rotatable bonds is 7. The second-order valence-corrected chi connectivity index (χ2v) is 10.7. The molecule has 2 aromatic heterocycles. The van der Waals surface area contributed by atoms with E-state index in [9.17, 15) is 19.6 Å². The number of ether oxygens (including phenoxy) is 1. The summed E-state index contributed by atoms with van der Waals surface area (Å²) in [7, 11) is 1.40. The third-order valence-corrected chi connectivity index (χ3v) is 7.44. The largest absolute Gasteiger partial charge is 0.496 e. The number of carbonyl (C=O) groups is 1. The molecular weight excluding hydrogens is 537 g/mol. The van der Waals surface area contributed by atoms with Gasteiger partial charge in [0.2, 0.25) is 0 Å². The molecule has 10 nitrogen and oxygen atoms in total. The Hall–Kier alpha value is -4.92. The molecule has 2 aromatic carbocycles. The summed E-state index contributed by atoms with van der Waals surface area (Å²) >= 11 is 0. The van der Waals surface area contributed by atoms with Crippen LogP contribution < -0.4 is 21.1 Å². The lowest BCUT2D eigenvalue weighted by molar-refractivity contribution is 0.0529. The Morgan fingerprint density at radius 2 is 1.98 bits per heavy atom. The molecule has 1 fully saturated rings. The van der Waals surface area contributed by atoms with Crippen LogP contribution in [0, 0.1) is 17.1 Å². The summed E-state index contributed by atoms with van der Waals surface area (Å²) in [6.07, 6.45) is 5.10. The van der Waals surface area contributed by atoms with E-state index < -0.39 is 17.3 Å². The number of amides is 1. The average molecular weight is 568 g/mol. The number of primary amides is 1. The van der Waals surface area contributed by atoms with Gasteiger partial charge in [0.05, 0.1) is 35.9 Å². The van der Waals surface area contributed by atoms with E-state index in [1.807, 2.05) is 11.0 Å². The number of nitrogens with two attached hydrogens (primary N) is 2. The highest BCUT2D eigenvalue weighted by molar-refractivity contribution is 6.00. The summed E-state index contributed by atoms with van der Waals surface area (Å²) in [4.78, 5) is 27.8. The van der Waals surface area contributed by atoms with E-state index in [4.69, 9.17) is 16.2 Å². The summed E-state index contributed by atoms with van der Waals surface area (Å²) in [5.41, 5.74) is 14.2. The normalized spacial score (nSPS) is 16.7. The van der Waals surface area contributed by atoms with Crippen molar-refractivity contribution in [2.24, 2.45) is 11.5 Å². The van der Waals surface area contributed by atoms with E-state index in [0.717, 1.165) is 0 Å². The summed E-state index contributed by atoms with van der Waals surface area (Å²) < 4.78 is 20.2. The van der Waals surface area contributed by atoms with E-state index in [1.54, 1.807) is 50.5 Å². The van der Waals surface area contributed by atoms with Crippen LogP contribution in [-0.2, 0) is 0 Å². The Balaban J connectivity index is 1.75. The molecule has 5 rings (SSSR count). The first-order valence-electron chi connectivity index (χ1n) is 13.3. The number of hydrogen-bond acceptors (Lipinski definition) is 9. The molecule has 0 unspecified atom stereocenters. The molecule has 1 saturated heterocycles. The maximum absolute atomic E-state index is 14.9. The van der Waals surface area contributed by atoms with Gasteiger partial charge in [-0.05, 0) is 50.1 Å². The third kappa shape index (κ3) is 5.25. The smallest absolute Gasteiger partial charge is 0.268 e. The minimum absolute atomic E-state index is 0.00200. The zero-order valence-corrected chi connectivity index (χ0v) is 23.4. The predicted molar refractivity (Wildman–Crippen MR) is 156 cm³/mol. The lowest BCUT2D eigenvalue weighted by atomic mass is 9.92. The minimum atomic E-state index is -1.12. The van der Waals surface area contributed by atoms with Crippen molar-refractivity contribution in [3.8, 4) is 45.5 Å². The molecule has 0 radical (unpaired) electrons. The van der Waals surface area contributed by atoms with E-state index in [2.05, 4.69) is 21.0 Å². The van der Waals surface area contributed by atoms with Gasteiger partial charge in [0.25, 0.3) is 5.91 Å². The maximum atomic E-state index is 14.9. The molecule has 11 heteroatoms. The number of hydrogen-bond donors (Lipinski definition) is 3. The van der Waals surface area contributed by atoms with Gasteiger partial charge in [-0.2, -0.15) is 5.26 Å². The number of nitriles is 1. The fourth-order valence-electron chi connectivity index (χ4n) is 5.47. The van der Waals surface area contributed by atoms with Gasteiger partial charge in [-0.1, -0.05) is 18.2 Å². The van der Waals surface area contributed by atoms with E-state index in [0.29, 0.717) is 46.5 Å². The lowest BCUT2D eigenvalue weighted by Gasteiger charge is -2.36. The molecule has 214 valence electrons. The van der Waals surface area contributed by atoms with E-state index in [1.165, 1.54) is 25.4 Å². The van der Waals surface area contributed by atoms with Gasteiger partial charge in [-0.15, -0.1) is 0 Å². The molecule has 3 heterocycles. The molecule has 0 aliphatic carbocycles. The van der Waals surface area contributed by atoms with Gasteiger partial charge >= 0.3 is 0 Å². The van der Waals surface area contributed by atoms with Crippen molar-refractivity contribution in [2.45, 2.75) is 38.0 Å². The number of anilines is 1. The number of aliphatic hydroxyl groups is 1. The Bertz CT molecular complexity index is 1710. The number of nitrogens with zero attached hydrogens (tertiary/aromatic N) is 5. The van der Waals surface area contributed by atoms with Gasteiger partial charge in [-0.25, -0.2) is 14.4 Å². The number of benzene rings is 2. The van der Waals surface area contributed by atoms with Gasteiger partial charge in [0.15, 0.2) is 5.82 Å². The second-order valence-electron chi connectivity index (χ2n) is 10.7. The van der Waals surface area contributed by atoms with Crippen LogP contribution in [0.2, 0.25) is 0 Å². The molecule has 42 heavy (non-hydrogen) atoms. The van der Waals surface area contributed by atoms with Crippen LogP contribution in [0.15, 0.2) is 61.1 Å². The SMILES string of the molecule is COc1cccc(F)c1-c1ncc(-c2ccc(-c3cnccc3C#N)cc2N2C[C@@H](N)C[C@H]2C(C)(C)O)c(C(N)=O)n1. The van der Waals surface area contributed by atoms with Gasteiger partial charge in [-0.3, -0.25) is 9.78 Å². The molecule has 4 aromatic rings. The van der Waals surface area contributed by atoms with Crippen molar-refractivity contribution in [3.63, 3.8) is 0 Å². The molecule has 1 aliphatic rings. The van der Waals surface area contributed by atoms with Crippen LogP contribution >= 0.6 is 0 Å². The van der Waals surface area contributed by atoms with Crippen molar-refractivity contribution in [3.05, 3.63) is 78.1 Å². The Kier molecular flexibility index (Phi) is 7.60. The third-order valence-electron chi connectivity index (χ3n) is 7.44. The van der Waals surface area contributed by atoms with Crippen LogP contribution in [0.1, 0.15) is 36.3 Å². The fraction of sp³-hybridized carbons (Fsp3) is 0.258. The van der Waals surface area contributed by atoms with Crippen molar-refractivity contribution >= 4 is 11.6 Å². The second kappa shape index (κ2) is 11.2. The van der Waals surface area contributed by atoms with Crippen LogP contribution in [0.25, 0.3) is 33.6 Å². The van der Waals surface area contributed by atoms with Crippen LogP contribution in [0.5, 0.6) is 5.75 Å². The monoisotopic (exact) mass is 567 g/mol. The lowest BCUT2D eigenvalue weighted by Crippen LogP contribution is -2.46. The number of carbonyl (C=O) groups excluding carboxylic acids is 1. The average Bonchev–Trinajstić information content (AvgIpc) is 3.38. The first kappa shape index (κ1) is 28.6. The van der Waals surface area contributed by atoms with E-state index in [-0.39, 0.29) is 34.9 Å². The first-order valence-corrected chi connectivity index (χ1v) is 13.3. The van der Waals surface area contributed by atoms with Crippen LogP contribution in [0.4, 0.5) is 10.1 Å². The van der Waals surface area contributed by atoms with Crippen LogP contribution in [0.3, 0.4) is 0 Å². The van der Waals surface area contributed by atoms with Gasteiger partial charge in [0, 0.05) is 53.6 Å². The predicted octanol–water partition coefficient (Wildman–Crippen LogP) is 3.67. The quantitative estimate of drug-likeness (QED) is 0.302. The molecule has 0 saturated carbocycles. The van der Waals surface area contributed by atoms with Crippen molar-refractivity contribution in [1.82, 2.24) is 15.0 Å². The molecule has 5 N–H and O–H groups in total. The summed E-state index contributed by atoms with van der Waals surface area (Å²) in [5.74, 6) is -1.32. The zero-order valence-electron chi connectivity index (χ0n) is 23.4. The number of methoxy groups -OCH3 is 1. The number of pyridine rings is 1. The number of halogens is 1. The van der Waals surface area contributed by atoms with Crippen LogP contribution in [-0.4, -0.2) is 57.3 Å². The molecule has 2 atom stereocenters. The summed E-state index contributed by atoms with van der Waals surface area (Å²) in [6.45, 7) is 3.85. The molecule has 1 aliphatic heterocycles. The van der Waals surface area contributed by atoms with Crippen molar-refractivity contribution in [2.75, 3.05) is 18.6 Å². The first-order chi connectivity index (χ1) is 20.0. The highest BCUT2D eigenvalue weighted by Gasteiger charge is 2.40. The highest BCUT2D eigenvalue weighted by atomic mass is 19.1. The van der Waals surface area contributed by atoms with Crippen molar-refractivity contribution in [1.29, 1.82) is 5.26 Å². The summed E-state index contributed by atoms with van der Waals surface area (Å²) in [5, 5.41) is 20.8. The Morgan fingerprint density at radius 3 is 2.67 bits per heavy atom.